The normalized spacial score (nSPS) is 18.3. The van der Waals surface area contributed by atoms with E-state index in [1.54, 1.807) is 0 Å². The van der Waals surface area contributed by atoms with Crippen molar-refractivity contribution >= 4 is 40.9 Å². The summed E-state index contributed by atoms with van der Waals surface area (Å²) in [6.07, 6.45) is 7.90. The third-order valence-electron chi connectivity index (χ3n) is 8.66. The van der Waals surface area contributed by atoms with Gasteiger partial charge < -0.3 is 4.81 Å². The average molecular weight is 499 g/mol. The zero-order chi connectivity index (χ0) is 25.9. The van der Waals surface area contributed by atoms with Gasteiger partial charge in [-0.1, -0.05) is 85.8 Å². The molecule has 0 spiro atoms. The summed E-state index contributed by atoms with van der Waals surface area (Å²) >= 11 is 0. The molecule has 0 fully saturated rings. The summed E-state index contributed by atoms with van der Waals surface area (Å²) in [7, 11) is 0. The van der Waals surface area contributed by atoms with E-state index in [-0.39, 0.29) is 12.8 Å². The first-order valence-corrected chi connectivity index (χ1v) is 13.6. The molecule has 0 aliphatic carbocycles. The standard InChI is InChI=1S/C35H26BN3/c1-23-30(21-38-22-31(23)25-9-8-18-37-20-25)24-16-17-35-29(19-24)27-11-3-6-14-33(27)36-32-13-5-2-10-26(32)28-12-4-7-15-34(28)39(35)36/h2-23,31H,1H3. The van der Waals surface area contributed by atoms with Crippen LogP contribution < -0.4 is 15.7 Å². The number of allylic oxidation sites excluding steroid dienone is 1. The highest BCUT2D eigenvalue weighted by Gasteiger charge is 2.42. The van der Waals surface area contributed by atoms with Gasteiger partial charge >= 0.3 is 6.85 Å². The van der Waals surface area contributed by atoms with Crippen molar-refractivity contribution < 1.29 is 0 Å². The first kappa shape index (κ1) is 22.3. The summed E-state index contributed by atoms with van der Waals surface area (Å²) in [4.78, 5) is 11.6. The number of hydrogen-bond donors (Lipinski definition) is 0. The van der Waals surface area contributed by atoms with Crippen LogP contribution in [0.15, 0.2) is 127 Å². The van der Waals surface area contributed by atoms with Crippen LogP contribution in [0.2, 0.25) is 0 Å². The first-order chi connectivity index (χ1) is 19.3. The largest absolute Gasteiger partial charge is 0.376 e. The molecule has 3 nitrogen and oxygen atoms in total. The molecule has 5 aromatic rings. The van der Waals surface area contributed by atoms with Crippen molar-refractivity contribution in [1.29, 1.82) is 0 Å². The number of nitrogens with zero attached hydrogens (tertiary/aromatic N) is 3. The van der Waals surface area contributed by atoms with Crippen LogP contribution in [0.1, 0.15) is 24.0 Å². The number of rotatable bonds is 2. The van der Waals surface area contributed by atoms with E-state index in [2.05, 4.69) is 120 Å². The molecule has 3 aliphatic heterocycles. The summed E-state index contributed by atoms with van der Waals surface area (Å²) in [5.74, 6) is 0.496. The molecule has 39 heavy (non-hydrogen) atoms. The molecule has 3 aliphatic rings. The van der Waals surface area contributed by atoms with E-state index < -0.39 is 0 Å². The second kappa shape index (κ2) is 8.67. The second-order valence-electron chi connectivity index (χ2n) is 10.7. The minimum atomic E-state index is 0.137. The quantitative estimate of drug-likeness (QED) is 0.249. The number of para-hydroxylation sites is 1. The average Bonchev–Trinajstić information content (AvgIpc) is 3.01. The van der Waals surface area contributed by atoms with Gasteiger partial charge in [-0.25, -0.2) is 0 Å². The Hall–Kier alpha value is -4.70. The van der Waals surface area contributed by atoms with Gasteiger partial charge in [0.2, 0.25) is 0 Å². The van der Waals surface area contributed by atoms with Crippen LogP contribution in [0.25, 0.3) is 27.8 Å². The highest BCUT2D eigenvalue weighted by atomic mass is 15.1. The van der Waals surface area contributed by atoms with Gasteiger partial charge in [0.15, 0.2) is 0 Å². The minimum absolute atomic E-state index is 0.137. The van der Waals surface area contributed by atoms with Gasteiger partial charge in [0, 0.05) is 53.2 Å². The number of pyridine rings is 1. The van der Waals surface area contributed by atoms with Gasteiger partial charge in [-0.3, -0.25) is 9.98 Å². The molecule has 4 aromatic carbocycles. The van der Waals surface area contributed by atoms with Crippen molar-refractivity contribution in [3.05, 3.63) is 133 Å². The topological polar surface area (TPSA) is 28.5 Å². The lowest BCUT2D eigenvalue weighted by molar-refractivity contribution is 0.687. The van der Waals surface area contributed by atoms with E-state index in [9.17, 15) is 0 Å². The fourth-order valence-electron chi connectivity index (χ4n) is 6.81. The predicted octanol–water partition coefficient (Wildman–Crippen LogP) is 6.83. The molecule has 2 unspecified atom stereocenters. The second-order valence-corrected chi connectivity index (χ2v) is 10.7. The Kier molecular flexibility index (Phi) is 4.96. The van der Waals surface area contributed by atoms with Crippen molar-refractivity contribution in [2.24, 2.45) is 10.9 Å². The number of fused-ring (bicyclic) bond motifs is 11. The van der Waals surface area contributed by atoms with Crippen LogP contribution in [0, 0.1) is 5.92 Å². The van der Waals surface area contributed by atoms with Crippen molar-refractivity contribution in [2.45, 2.75) is 12.8 Å². The van der Waals surface area contributed by atoms with E-state index in [1.165, 1.54) is 61.3 Å². The van der Waals surface area contributed by atoms with Crippen LogP contribution in [-0.4, -0.2) is 18.0 Å². The summed E-state index contributed by atoms with van der Waals surface area (Å²) in [6.45, 7) is 2.44. The van der Waals surface area contributed by atoms with E-state index >= 15 is 0 Å². The van der Waals surface area contributed by atoms with E-state index in [4.69, 9.17) is 4.99 Å². The summed E-state index contributed by atoms with van der Waals surface area (Å²) in [6, 6.07) is 37.8. The van der Waals surface area contributed by atoms with Crippen LogP contribution in [-0.2, 0) is 0 Å². The van der Waals surface area contributed by atoms with Gasteiger partial charge in [0.1, 0.15) is 0 Å². The Morgan fingerprint density at radius 3 is 2.15 bits per heavy atom. The molecule has 184 valence electrons. The fourth-order valence-corrected chi connectivity index (χ4v) is 6.81. The summed E-state index contributed by atoms with van der Waals surface area (Å²) in [5, 5.41) is 0. The first-order valence-electron chi connectivity index (χ1n) is 13.6. The van der Waals surface area contributed by atoms with Gasteiger partial charge in [-0.2, -0.15) is 0 Å². The molecule has 0 N–H and O–H groups in total. The molecule has 0 saturated heterocycles. The Balaban J connectivity index is 1.30. The number of benzene rings is 4. The van der Waals surface area contributed by atoms with Gasteiger partial charge in [-0.15, -0.1) is 0 Å². The van der Waals surface area contributed by atoms with Crippen molar-refractivity contribution in [3.8, 4) is 22.3 Å². The maximum absolute atomic E-state index is 4.69. The SMILES string of the molecule is CC1C(c2ccc3c(c2)-c2ccccc2B2c4ccccc4-c4ccccc4N23)=CN=CC1c1cccnc1. The molecule has 4 heteroatoms. The Morgan fingerprint density at radius 2 is 1.38 bits per heavy atom. The smallest absolute Gasteiger partial charge is 0.329 e. The molecule has 0 saturated carbocycles. The number of aliphatic imine (C=N–C) groups is 1. The molecule has 0 radical (unpaired) electrons. The van der Waals surface area contributed by atoms with Crippen LogP contribution >= 0.6 is 0 Å². The third-order valence-corrected chi connectivity index (χ3v) is 8.66. The van der Waals surface area contributed by atoms with Gasteiger partial charge in [-0.05, 0) is 68.9 Å². The molecule has 0 bridgehead atoms. The lowest BCUT2D eigenvalue weighted by Crippen LogP contribution is -2.59. The Morgan fingerprint density at radius 1 is 0.692 bits per heavy atom. The van der Waals surface area contributed by atoms with E-state index in [0.717, 1.165) is 0 Å². The Labute approximate surface area is 229 Å². The lowest BCUT2D eigenvalue weighted by atomic mass is 9.43. The monoisotopic (exact) mass is 499 g/mol. The van der Waals surface area contributed by atoms with E-state index in [0.29, 0.717) is 5.92 Å². The highest BCUT2D eigenvalue weighted by molar-refractivity contribution is 6.92. The summed E-state index contributed by atoms with van der Waals surface area (Å²) < 4.78 is 0. The molecule has 0 amide bonds. The molecular formula is C35H26BN3. The van der Waals surface area contributed by atoms with Crippen molar-refractivity contribution in [3.63, 3.8) is 0 Å². The van der Waals surface area contributed by atoms with Crippen LogP contribution in [0.4, 0.5) is 11.4 Å². The number of aromatic nitrogens is 1. The molecular weight excluding hydrogens is 473 g/mol. The van der Waals surface area contributed by atoms with Gasteiger partial charge in [0.25, 0.3) is 0 Å². The minimum Gasteiger partial charge on any atom is -0.376 e. The van der Waals surface area contributed by atoms with Crippen molar-refractivity contribution in [2.75, 3.05) is 4.81 Å². The summed E-state index contributed by atoms with van der Waals surface area (Å²) in [5.41, 5.74) is 14.1. The maximum Gasteiger partial charge on any atom is 0.329 e. The number of anilines is 2. The fraction of sp³-hybridized carbons (Fsp3) is 0.0857. The van der Waals surface area contributed by atoms with Gasteiger partial charge in [0.05, 0.1) is 0 Å². The molecule has 2 atom stereocenters. The van der Waals surface area contributed by atoms with Crippen LogP contribution in [0.5, 0.6) is 0 Å². The highest BCUT2D eigenvalue weighted by Crippen LogP contribution is 2.47. The molecule has 8 rings (SSSR count). The maximum atomic E-state index is 4.69. The zero-order valence-corrected chi connectivity index (χ0v) is 21.7. The van der Waals surface area contributed by atoms with E-state index in [1.807, 2.05) is 24.7 Å². The number of hydrogen-bond acceptors (Lipinski definition) is 3. The predicted molar refractivity (Wildman–Crippen MR) is 164 cm³/mol. The van der Waals surface area contributed by atoms with Crippen LogP contribution in [0.3, 0.4) is 0 Å². The molecule has 1 aromatic heterocycles. The van der Waals surface area contributed by atoms with Crippen molar-refractivity contribution in [1.82, 2.24) is 4.98 Å². The zero-order valence-electron chi connectivity index (χ0n) is 21.7. The molecule has 4 heterocycles. The third kappa shape index (κ3) is 3.31. The Bertz CT molecular complexity index is 1810. The lowest BCUT2D eigenvalue weighted by Gasteiger charge is -2.43.